The molecule has 21 heavy (non-hydrogen) atoms. The first kappa shape index (κ1) is 14.4. The Labute approximate surface area is 120 Å². The number of nitrogens with two attached hydrogens (primary N) is 1. The van der Waals surface area contributed by atoms with Gasteiger partial charge in [-0.05, 0) is 18.2 Å². The van der Waals surface area contributed by atoms with Gasteiger partial charge in [-0.15, -0.1) is 0 Å². The van der Waals surface area contributed by atoms with Gasteiger partial charge in [0.25, 0.3) is 0 Å². The van der Waals surface area contributed by atoms with Gasteiger partial charge in [0.2, 0.25) is 0 Å². The number of rotatable bonds is 5. The number of hydrogen-bond acceptors (Lipinski definition) is 6. The number of methoxy groups -OCH3 is 1. The molecule has 0 unspecified atom stereocenters. The second-order valence-electron chi connectivity index (χ2n) is 4.01. The summed E-state index contributed by atoms with van der Waals surface area (Å²) in [5, 5.41) is 8.84. The van der Waals surface area contributed by atoms with Crippen molar-refractivity contribution in [2.45, 2.75) is 6.61 Å². The second-order valence-corrected chi connectivity index (χ2v) is 4.01. The number of benzene rings is 1. The smallest absolute Gasteiger partial charge is 0.301 e. The number of hydrogen-bond donors (Lipinski definition) is 2. The van der Waals surface area contributed by atoms with Crippen LogP contribution in [0.15, 0.2) is 34.9 Å². The van der Waals surface area contributed by atoms with Crippen LogP contribution in [0.1, 0.15) is 21.7 Å². The summed E-state index contributed by atoms with van der Waals surface area (Å²) in [6.45, 7) is 0.0987. The zero-order valence-electron chi connectivity index (χ0n) is 11.3. The SMILES string of the molecule is COc1cc(C#N)ccc1OCc1ccoc1C(=O)NN. The average Bonchev–Trinajstić information content (AvgIpc) is 3.00. The minimum Gasteiger partial charge on any atom is -0.493 e. The van der Waals surface area contributed by atoms with Crippen molar-refractivity contribution in [3.8, 4) is 17.6 Å². The van der Waals surface area contributed by atoms with Gasteiger partial charge in [-0.25, -0.2) is 5.84 Å². The van der Waals surface area contributed by atoms with Crippen LogP contribution in [-0.4, -0.2) is 13.0 Å². The first-order valence-electron chi connectivity index (χ1n) is 5.97. The number of furan rings is 1. The first-order chi connectivity index (χ1) is 10.2. The van der Waals surface area contributed by atoms with E-state index in [0.717, 1.165) is 0 Å². The zero-order chi connectivity index (χ0) is 15.2. The van der Waals surface area contributed by atoms with Crippen molar-refractivity contribution in [1.82, 2.24) is 5.43 Å². The first-order valence-corrected chi connectivity index (χ1v) is 5.97. The Bertz CT molecular complexity index is 688. The summed E-state index contributed by atoms with van der Waals surface area (Å²) in [5.74, 6) is 5.51. The largest absolute Gasteiger partial charge is 0.493 e. The van der Waals surface area contributed by atoms with Crippen molar-refractivity contribution in [3.05, 3.63) is 47.4 Å². The molecular weight excluding hydrogens is 274 g/mol. The lowest BCUT2D eigenvalue weighted by molar-refractivity contribution is 0.0922. The van der Waals surface area contributed by atoms with Gasteiger partial charge in [0.1, 0.15) is 6.61 Å². The molecule has 1 heterocycles. The quantitative estimate of drug-likeness (QED) is 0.488. The van der Waals surface area contributed by atoms with Gasteiger partial charge >= 0.3 is 5.91 Å². The molecule has 0 aliphatic heterocycles. The molecule has 7 heteroatoms. The molecule has 0 saturated heterocycles. The van der Waals surface area contributed by atoms with Crippen molar-refractivity contribution < 1.29 is 18.7 Å². The van der Waals surface area contributed by atoms with E-state index in [2.05, 4.69) is 0 Å². The standard InChI is InChI=1S/C14H13N3O4/c1-19-12-6-9(7-15)2-3-11(12)21-8-10-4-5-20-13(10)14(18)17-16/h2-6H,8,16H2,1H3,(H,17,18). The Balaban J connectivity index is 2.16. The van der Waals surface area contributed by atoms with E-state index in [4.69, 9.17) is 25.0 Å². The van der Waals surface area contributed by atoms with Crippen molar-refractivity contribution in [1.29, 1.82) is 5.26 Å². The van der Waals surface area contributed by atoms with Crippen molar-refractivity contribution in [2.75, 3.05) is 7.11 Å². The lowest BCUT2D eigenvalue weighted by atomic mass is 10.2. The minimum absolute atomic E-state index is 0.0881. The van der Waals surface area contributed by atoms with Crippen LogP contribution in [0.4, 0.5) is 0 Å². The van der Waals surface area contributed by atoms with Crippen molar-refractivity contribution >= 4 is 5.91 Å². The third kappa shape index (κ3) is 3.13. The molecule has 0 aliphatic rings. The highest BCUT2D eigenvalue weighted by Crippen LogP contribution is 2.29. The van der Waals surface area contributed by atoms with Crippen LogP contribution in [0, 0.1) is 11.3 Å². The maximum Gasteiger partial charge on any atom is 0.301 e. The molecule has 3 N–H and O–H groups in total. The highest BCUT2D eigenvalue weighted by Gasteiger charge is 2.15. The number of carbonyl (C=O) groups is 1. The number of nitrogens with one attached hydrogen (secondary N) is 1. The molecule has 0 atom stereocenters. The van der Waals surface area contributed by atoms with Crippen molar-refractivity contribution in [2.24, 2.45) is 5.84 Å². The molecule has 108 valence electrons. The fourth-order valence-corrected chi connectivity index (χ4v) is 1.73. The fraction of sp³-hybridized carbons (Fsp3) is 0.143. The van der Waals surface area contributed by atoms with Gasteiger partial charge in [-0.1, -0.05) is 0 Å². The van der Waals surface area contributed by atoms with Gasteiger partial charge in [0.05, 0.1) is 25.0 Å². The molecule has 0 bridgehead atoms. The second kappa shape index (κ2) is 6.45. The van der Waals surface area contributed by atoms with E-state index in [1.54, 1.807) is 24.3 Å². The minimum atomic E-state index is -0.537. The molecule has 0 aliphatic carbocycles. The van der Waals surface area contributed by atoms with Gasteiger partial charge < -0.3 is 13.9 Å². The molecule has 1 aromatic heterocycles. The van der Waals surface area contributed by atoms with E-state index in [1.807, 2.05) is 11.5 Å². The highest BCUT2D eigenvalue weighted by molar-refractivity contribution is 5.92. The Morgan fingerprint density at radius 2 is 2.24 bits per heavy atom. The zero-order valence-corrected chi connectivity index (χ0v) is 11.3. The number of amides is 1. The van der Waals surface area contributed by atoms with E-state index in [1.165, 1.54) is 13.4 Å². The highest BCUT2D eigenvalue weighted by atomic mass is 16.5. The third-order valence-electron chi connectivity index (χ3n) is 2.76. The summed E-state index contributed by atoms with van der Waals surface area (Å²) < 4.78 is 15.8. The predicted molar refractivity (Wildman–Crippen MR) is 72.4 cm³/mol. The Morgan fingerprint density at radius 3 is 2.90 bits per heavy atom. The van der Waals surface area contributed by atoms with Crippen LogP contribution in [0.2, 0.25) is 0 Å². The van der Waals surface area contributed by atoms with Crippen molar-refractivity contribution in [3.63, 3.8) is 0 Å². The predicted octanol–water partition coefficient (Wildman–Crippen LogP) is 1.34. The van der Waals surface area contributed by atoms with Gasteiger partial charge in [-0.3, -0.25) is 10.2 Å². The fourth-order valence-electron chi connectivity index (χ4n) is 1.73. The number of carbonyl (C=O) groups excluding carboxylic acids is 1. The lowest BCUT2D eigenvalue weighted by Crippen LogP contribution is -2.30. The Morgan fingerprint density at radius 1 is 1.43 bits per heavy atom. The maximum absolute atomic E-state index is 11.5. The van der Waals surface area contributed by atoms with E-state index in [0.29, 0.717) is 22.6 Å². The number of nitrogen functional groups attached to an aromatic ring is 1. The molecule has 2 aromatic rings. The van der Waals surface area contributed by atoms with Gasteiger partial charge in [0, 0.05) is 11.6 Å². The topological polar surface area (TPSA) is 111 Å². The van der Waals surface area contributed by atoms with Crippen LogP contribution in [0.5, 0.6) is 11.5 Å². The van der Waals surface area contributed by atoms with Gasteiger partial charge in [-0.2, -0.15) is 5.26 Å². The normalized spacial score (nSPS) is 9.76. The molecule has 1 aromatic carbocycles. The number of nitrogens with zero attached hydrogens (tertiary/aromatic N) is 1. The summed E-state index contributed by atoms with van der Waals surface area (Å²) in [6.07, 6.45) is 1.37. The summed E-state index contributed by atoms with van der Waals surface area (Å²) in [4.78, 5) is 11.5. The monoisotopic (exact) mass is 287 g/mol. The molecule has 0 spiro atoms. The van der Waals surface area contributed by atoms with Crippen LogP contribution in [-0.2, 0) is 6.61 Å². The maximum atomic E-state index is 11.5. The van der Waals surface area contributed by atoms with Crippen LogP contribution >= 0.6 is 0 Å². The van der Waals surface area contributed by atoms with E-state index in [-0.39, 0.29) is 12.4 Å². The molecule has 1 amide bonds. The third-order valence-corrected chi connectivity index (χ3v) is 2.76. The summed E-state index contributed by atoms with van der Waals surface area (Å²) in [5.41, 5.74) is 3.00. The summed E-state index contributed by atoms with van der Waals surface area (Å²) >= 11 is 0. The molecule has 7 nitrogen and oxygen atoms in total. The summed E-state index contributed by atoms with van der Waals surface area (Å²) in [7, 11) is 1.48. The lowest BCUT2D eigenvalue weighted by Gasteiger charge is -2.10. The molecule has 2 rings (SSSR count). The molecule has 0 radical (unpaired) electrons. The Hall–Kier alpha value is -2.98. The molecular formula is C14H13N3O4. The molecule has 0 fully saturated rings. The van der Waals surface area contributed by atoms with E-state index >= 15 is 0 Å². The number of ether oxygens (including phenoxy) is 2. The van der Waals surface area contributed by atoms with Gasteiger partial charge in [0.15, 0.2) is 17.3 Å². The average molecular weight is 287 g/mol. The van der Waals surface area contributed by atoms with E-state index < -0.39 is 5.91 Å². The van der Waals surface area contributed by atoms with Crippen LogP contribution in [0.25, 0.3) is 0 Å². The number of hydrazine groups is 1. The van der Waals surface area contributed by atoms with Crippen LogP contribution < -0.4 is 20.7 Å². The molecule has 0 saturated carbocycles. The van der Waals surface area contributed by atoms with Crippen LogP contribution in [0.3, 0.4) is 0 Å². The summed E-state index contributed by atoms with van der Waals surface area (Å²) in [6, 6.07) is 8.43. The number of nitriles is 1. The Kier molecular flexibility index (Phi) is 4.43. The van der Waals surface area contributed by atoms with E-state index in [9.17, 15) is 4.79 Å².